The Bertz CT molecular complexity index is 659. The normalized spacial score (nSPS) is 27.8. The number of carbonyl (C=O) groups excluding carboxylic acids is 1. The molecule has 3 rings (SSSR count). The van der Waals surface area contributed by atoms with Crippen LogP contribution in [0.4, 0.5) is 4.39 Å². The molecule has 2 saturated heterocycles. The fraction of sp³-hybridized carbons (Fsp3) is 0.533. The topological polar surface area (TPSA) is 63.7 Å². The van der Waals surface area contributed by atoms with Gasteiger partial charge in [0.1, 0.15) is 11.9 Å². The highest BCUT2D eigenvalue weighted by Crippen LogP contribution is 2.26. The lowest BCUT2D eigenvalue weighted by Gasteiger charge is -2.34. The molecule has 0 unspecified atom stereocenters. The van der Waals surface area contributed by atoms with E-state index in [4.69, 9.17) is 4.74 Å². The van der Waals surface area contributed by atoms with E-state index in [-0.39, 0.29) is 29.3 Å². The van der Waals surface area contributed by atoms with Gasteiger partial charge in [0.2, 0.25) is 5.91 Å². The van der Waals surface area contributed by atoms with Gasteiger partial charge in [0, 0.05) is 6.54 Å². The van der Waals surface area contributed by atoms with Gasteiger partial charge in [0.25, 0.3) is 0 Å². The molecule has 0 aromatic heterocycles. The Kier molecular flexibility index (Phi) is 4.18. The Hall–Kier alpha value is -1.47. The fourth-order valence-electron chi connectivity index (χ4n) is 2.98. The molecule has 0 N–H and O–H groups in total. The molecule has 0 bridgehead atoms. The zero-order valence-corrected chi connectivity index (χ0v) is 12.9. The van der Waals surface area contributed by atoms with Crippen molar-refractivity contribution in [1.82, 2.24) is 4.90 Å². The number of hydrogen-bond acceptors (Lipinski definition) is 4. The molecule has 1 aromatic rings. The second kappa shape index (κ2) is 5.96. The van der Waals surface area contributed by atoms with Gasteiger partial charge in [-0.05, 0) is 24.1 Å². The maximum Gasteiger partial charge on any atom is 0.226 e. The van der Waals surface area contributed by atoms with Crippen LogP contribution in [0.15, 0.2) is 24.3 Å². The van der Waals surface area contributed by atoms with E-state index >= 15 is 0 Å². The summed E-state index contributed by atoms with van der Waals surface area (Å²) in [6.07, 6.45) is 0.107. The highest BCUT2D eigenvalue weighted by molar-refractivity contribution is 7.91. The van der Waals surface area contributed by atoms with E-state index < -0.39 is 15.8 Å². The average Bonchev–Trinajstić information content (AvgIpc) is 2.87. The van der Waals surface area contributed by atoms with Crippen molar-refractivity contribution < 1.29 is 22.3 Å². The predicted molar refractivity (Wildman–Crippen MR) is 78.4 cm³/mol. The van der Waals surface area contributed by atoms with Gasteiger partial charge in [-0.2, -0.15) is 0 Å². The Morgan fingerprint density at radius 1 is 1.27 bits per heavy atom. The monoisotopic (exact) mass is 327 g/mol. The van der Waals surface area contributed by atoms with Gasteiger partial charge in [-0.15, -0.1) is 0 Å². The van der Waals surface area contributed by atoms with Crippen molar-refractivity contribution in [2.75, 3.05) is 31.2 Å². The van der Waals surface area contributed by atoms with Crippen molar-refractivity contribution in [2.24, 2.45) is 5.92 Å². The first-order chi connectivity index (χ1) is 10.4. The number of ether oxygens (including phenoxy) is 1. The highest BCUT2D eigenvalue weighted by Gasteiger charge is 2.37. The smallest absolute Gasteiger partial charge is 0.226 e. The van der Waals surface area contributed by atoms with Crippen LogP contribution in [0.3, 0.4) is 0 Å². The molecule has 2 atom stereocenters. The molecule has 2 fully saturated rings. The van der Waals surface area contributed by atoms with Crippen molar-refractivity contribution in [3.63, 3.8) is 0 Å². The van der Waals surface area contributed by atoms with Crippen LogP contribution in [0.1, 0.15) is 18.1 Å². The minimum absolute atomic E-state index is 0.0512. The highest BCUT2D eigenvalue weighted by atomic mass is 32.2. The molecule has 2 aliphatic heterocycles. The Morgan fingerprint density at radius 2 is 2.00 bits per heavy atom. The standard InChI is InChI=1S/C15H18FNO4S/c16-13-3-1-11(2-4-13)14-9-17(6-7-21-14)15(18)12-5-8-22(19,20)10-12/h1-4,12,14H,5-10H2/t12-,14-/m0/s1. The summed E-state index contributed by atoms with van der Waals surface area (Å²) in [7, 11) is -3.07. The SMILES string of the molecule is O=C([C@H]1CCS(=O)(=O)C1)N1CCO[C@H](c2ccc(F)cc2)C1. The number of benzene rings is 1. The van der Waals surface area contributed by atoms with Crippen LogP contribution < -0.4 is 0 Å². The molecule has 2 aliphatic rings. The molecule has 2 heterocycles. The third-order valence-corrected chi connectivity index (χ3v) is 5.97. The molecular formula is C15H18FNO4S. The Balaban J connectivity index is 1.68. The van der Waals surface area contributed by atoms with Crippen molar-refractivity contribution in [3.8, 4) is 0 Å². The number of halogens is 1. The van der Waals surface area contributed by atoms with Crippen molar-refractivity contribution in [2.45, 2.75) is 12.5 Å². The molecule has 5 nitrogen and oxygen atoms in total. The van der Waals surface area contributed by atoms with Crippen LogP contribution in [0.25, 0.3) is 0 Å². The molecule has 0 saturated carbocycles. The fourth-order valence-corrected chi connectivity index (χ4v) is 4.71. The second-order valence-electron chi connectivity index (χ2n) is 5.80. The summed E-state index contributed by atoms with van der Waals surface area (Å²) >= 11 is 0. The number of rotatable bonds is 2. The summed E-state index contributed by atoms with van der Waals surface area (Å²) in [4.78, 5) is 14.1. The molecule has 7 heteroatoms. The first-order valence-corrected chi connectivity index (χ1v) is 9.13. The second-order valence-corrected chi connectivity index (χ2v) is 8.02. The summed E-state index contributed by atoms with van der Waals surface area (Å²) < 4.78 is 41.7. The molecular weight excluding hydrogens is 309 g/mol. The maximum absolute atomic E-state index is 13.0. The summed E-state index contributed by atoms with van der Waals surface area (Å²) in [5, 5.41) is 0. The first-order valence-electron chi connectivity index (χ1n) is 7.31. The van der Waals surface area contributed by atoms with E-state index in [2.05, 4.69) is 0 Å². The van der Waals surface area contributed by atoms with Crippen LogP contribution in [-0.4, -0.2) is 50.4 Å². The van der Waals surface area contributed by atoms with Crippen molar-refractivity contribution >= 4 is 15.7 Å². The number of morpholine rings is 1. The number of hydrogen-bond donors (Lipinski definition) is 0. The molecule has 0 radical (unpaired) electrons. The van der Waals surface area contributed by atoms with Gasteiger partial charge in [0.15, 0.2) is 9.84 Å². The van der Waals surface area contributed by atoms with Crippen LogP contribution >= 0.6 is 0 Å². The molecule has 1 amide bonds. The predicted octanol–water partition coefficient (Wildman–Crippen LogP) is 1.16. The summed E-state index contributed by atoms with van der Waals surface area (Å²) in [5.74, 6) is -0.823. The van der Waals surface area contributed by atoms with E-state index in [0.717, 1.165) is 5.56 Å². The maximum atomic E-state index is 13.0. The van der Waals surface area contributed by atoms with Gasteiger partial charge in [0.05, 0.1) is 30.6 Å². The van der Waals surface area contributed by atoms with E-state index in [1.165, 1.54) is 12.1 Å². The van der Waals surface area contributed by atoms with Gasteiger partial charge < -0.3 is 9.64 Å². The van der Waals surface area contributed by atoms with E-state index in [1.54, 1.807) is 17.0 Å². The molecule has 0 aliphatic carbocycles. The van der Waals surface area contributed by atoms with Gasteiger partial charge in [-0.1, -0.05) is 12.1 Å². The number of nitrogens with zero attached hydrogens (tertiary/aromatic N) is 1. The van der Waals surface area contributed by atoms with Crippen LogP contribution in [-0.2, 0) is 19.4 Å². The van der Waals surface area contributed by atoms with E-state index in [1.807, 2.05) is 0 Å². The molecule has 1 aromatic carbocycles. The first kappa shape index (κ1) is 15.4. The van der Waals surface area contributed by atoms with Crippen LogP contribution in [0.2, 0.25) is 0 Å². The lowest BCUT2D eigenvalue weighted by atomic mass is 10.0. The van der Waals surface area contributed by atoms with Crippen LogP contribution in [0.5, 0.6) is 0 Å². The zero-order chi connectivity index (χ0) is 15.7. The molecule has 120 valence electrons. The van der Waals surface area contributed by atoms with Crippen molar-refractivity contribution in [3.05, 3.63) is 35.6 Å². The number of sulfone groups is 1. The lowest BCUT2D eigenvalue weighted by molar-refractivity contribution is -0.142. The van der Waals surface area contributed by atoms with E-state index in [9.17, 15) is 17.6 Å². The zero-order valence-electron chi connectivity index (χ0n) is 12.1. The largest absolute Gasteiger partial charge is 0.370 e. The number of amides is 1. The Morgan fingerprint density at radius 3 is 2.64 bits per heavy atom. The molecule has 0 spiro atoms. The third-order valence-electron chi connectivity index (χ3n) is 4.20. The van der Waals surface area contributed by atoms with E-state index in [0.29, 0.717) is 26.1 Å². The van der Waals surface area contributed by atoms with Gasteiger partial charge in [-0.25, -0.2) is 12.8 Å². The van der Waals surface area contributed by atoms with Crippen LogP contribution in [0, 0.1) is 11.7 Å². The average molecular weight is 327 g/mol. The van der Waals surface area contributed by atoms with Crippen molar-refractivity contribution in [1.29, 1.82) is 0 Å². The minimum Gasteiger partial charge on any atom is -0.370 e. The Labute approximate surface area is 129 Å². The van der Waals surface area contributed by atoms with Gasteiger partial charge >= 0.3 is 0 Å². The quantitative estimate of drug-likeness (QED) is 0.818. The molecule has 22 heavy (non-hydrogen) atoms. The van der Waals surface area contributed by atoms with Gasteiger partial charge in [-0.3, -0.25) is 4.79 Å². The summed E-state index contributed by atoms with van der Waals surface area (Å²) in [6.45, 7) is 1.24. The lowest BCUT2D eigenvalue weighted by Crippen LogP contribution is -2.45. The number of carbonyl (C=O) groups is 1. The summed E-state index contributed by atoms with van der Waals surface area (Å²) in [5.41, 5.74) is 0.818. The third kappa shape index (κ3) is 3.30. The minimum atomic E-state index is -3.07. The summed E-state index contributed by atoms with van der Waals surface area (Å²) in [6, 6.07) is 6.02.